The van der Waals surface area contributed by atoms with Crippen molar-refractivity contribution in [3.8, 4) is 0 Å². The van der Waals surface area contributed by atoms with Crippen LogP contribution >= 0.6 is 0 Å². The van der Waals surface area contributed by atoms with E-state index in [0.717, 1.165) is 25.3 Å². The number of rotatable bonds is 3. The van der Waals surface area contributed by atoms with E-state index in [0.29, 0.717) is 6.04 Å². The summed E-state index contributed by atoms with van der Waals surface area (Å²) in [5.74, 6) is 0.761. The third-order valence-corrected chi connectivity index (χ3v) is 5.65. The molecule has 0 aromatic carbocycles. The highest BCUT2D eigenvalue weighted by atomic mass is 16.1. The summed E-state index contributed by atoms with van der Waals surface area (Å²) >= 11 is 0. The number of hydrogen-bond acceptors (Lipinski definition) is 2. The van der Waals surface area contributed by atoms with E-state index in [9.17, 15) is 4.79 Å². The molecule has 3 fully saturated rings. The second-order valence-electron chi connectivity index (χ2n) is 6.64. The molecule has 0 radical (unpaired) electrons. The fourth-order valence-corrected chi connectivity index (χ4v) is 4.61. The third kappa shape index (κ3) is 1.97. The molecular weight excluding hydrogens is 224 g/mol. The van der Waals surface area contributed by atoms with Crippen LogP contribution in [0.3, 0.4) is 0 Å². The molecule has 2 unspecified atom stereocenters. The van der Waals surface area contributed by atoms with Crippen LogP contribution in [0.4, 0.5) is 0 Å². The van der Waals surface area contributed by atoms with Gasteiger partial charge in [0, 0.05) is 12.6 Å². The minimum absolute atomic E-state index is 0.0551. The van der Waals surface area contributed by atoms with Gasteiger partial charge < -0.3 is 5.73 Å². The number of carbonyl (C=O) groups excluding carboxylic acids is 1. The number of hydrogen-bond donors (Lipinski definition) is 1. The minimum Gasteiger partial charge on any atom is -0.368 e. The first-order valence-electron chi connectivity index (χ1n) is 7.79. The second kappa shape index (κ2) is 4.84. The topological polar surface area (TPSA) is 46.3 Å². The Morgan fingerprint density at radius 1 is 1.06 bits per heavy atom. The summed E-state index contributed by atoms with van der Waals surface area (Å²) < 4.78 is 0. The van der Waals surface area contributed by atoms with Gasteiger partial charge in [-0.1, -0.05) is 19.3 Å². The fraction of sp³-hybridized carbons (Fsp3) is 0.933. The van der Waals surface area contributed by atoms with E-state index < -0.39 is 0 Å². The maximum absolute atomic E-state index is 12.0. The zero-order valence-corrected chi connectivity index (χ0v) is 11.4. The Kier molecular flexibility index (Phi) is 3.35. The molecule has 2 bridgehead atoms. The van der Waals surface area contributed by atoms with Crippen molar-refractivity contribution >= 4 is 5.91 Å². The number of piperidine rings is 1. The summed E-state index contributed by atoms with van der Waals surface area (Å²) in [6.07, 6.45) is 12.6. The van der Waals surface area contributed by atoms with Crippen LogP contribution in [-0.2, 0) is 4.79 Å². The molecule has 0 spiro atoms. The Hall–Kier alpha value is -0.570. The van der Waals surface area contributed by atoms with Crippen molar-refractivity contribution in [1.82, 2.24) is 4.90 Å². The first-order valence-corrected chi connectivity index (χ1v) is 7.79. The summed E-state index contributed by atoms with van der Waals surface area (Å²) in [6.45, 7) is 1.13. The molecule has 3 nitrogen and oxygen atoms in total. The largest absolute Gasteiger partial charge is 0.368 e. The molecule has 2 saturated heterocycles. The molecule has 0 aromatic heterocycles. The third-order valence-electron chi connectivity index (χ3n) is 5.65. The lowest BCUT2D eigenvalue weighted by atomic mass is 9.83. The Morgan fingerprint density at radius 3 is 2.56 bits per heavy atom. The van der Waals surface area contributed by atoms with E-state index in [1.165, 1.54) is 51.4 Å². The lowest BCUT2D eigenvalue weighted by Crippen LogP contribution is -2.59. The highest BCUT2D eigenvalue weighted by Gasteiger charge is 2.52. The number of carbonyl (C=O) groups is 1. The van der Waals surface area contributed by atoms with E-state index in [1.54, 1.807) is 0 Å². The quantitative estimate of drug-likeness (QED) is 0.836. The van der Waals surface area contributed by atoms with Crippen molar-refractivity contribution in [2.45, 2.75) is 75.8 Å². The van der Waals surface area contributed by atoms with Gasteiger partial charge in [-0.2, -0.15) is 0 Å². The van der Waals surface area contributed by atoms with Gasteiger partial charge in [-0.05, 0) is 50.9 Å². The monoisotopic (exact) mass is 250 g/mol. The Balaban J connectivity index is 1.74. The number of fused-ring (bicyclic) bond motifs is 2. The first kappa shape index (κ1) is 12.5. The maximum atomic E-state index is 12.0. The van der Waals surface area contributed by atoms with Crippen molar-refractivity contribution in [2.75, 3.05) is 6.54 Å². The summed E-state index contributed by atoms with van der Waals surface area (Å²) in [4.78, 5) is 14.5. The average Bonchev–Trinajstić information content (AvgIpc) is 2.60. The molecule has 3 aliphatic rings. The molecule has 3 rings (SSSR count). The normalized spacial score (nSPS) is 37.9. The summed E-state index contributed by atoms with van der Waals surface area (Å²) in [7, 11) is 0. The van der Waals surface area contributed by atoms with Gasteiger partial charge in [-0.15, -0.1) is 0 Å². The SMILES string of the molecule is NC(=O)C12CCCC(CC1)N2CC1CCCCC1. The Labute approximate surface area is 110 Å². The summed E-state index contributed by atoms with van der Waals surface area (Å²) in [5.41, 5.74) is 5.49. The van der Waals surface area contributed by atoms with Crippen LogP contribution in [0.5, 0.6) is 0 Å². The van der Waals surface area contributed by atoms with Gasteiger partial charge in [-0.3, -0.25) is 9.69 Å². The van der Waals surface area contributed by atoms with Gasteiger partial charge in [0.05, 0.1) is 0 Å². The molecular formula is C15H26N2O. The molecule has 0 aromatic rings. The van der Waals surface area contributed by atoms with Gasteiger partial charge >= 0.3 is 0 Å². The molecule has 102 valence electrons. The molecule has 1 amide bonds. The standard InChI is InChI=1S/C15H26N2O/c16-14(18)15-9-4-7-13(8-10-15)17(15)11-12-5-2-1-3-6-12/h12-13H,1-11H2,(H2,16,18). The van der Waals surface area contributed by atoms with E-state index in [-0.39, 0.29) is 11.4 Å². The zero-order valence-electron chi connectivity index (χ0n) is 11.4. The van der Waals surface area contributed by atoms with Gasteiger partial charge in [0.1, 0.15) is 5.54 Å². The highest BCUT2D eigenvalue weighted by molar-refractivity contribution is 5.85. The molecule has 18 heavy (non-hydrogen) atoms. The number of nitrogens with two attached hydrogens (primary N) is 1. The van der Waals surface area contributed by atoms with Crippen LogP contribution in [-0.4, -0.2) is 28.9 Å². The van der Waals surface area contributed by atoms with Crippen LogP contribution < -0.4 is 5.73 Å². The molecule has 3 heteroatoms. The van der Waals surface area contributed by atoms with Crippen molar-refractivity contribution < 1.29 is 4.79 Å². The maximum Gasteiger partial charge on any atom is 0.237 e. The van der Waals surface area contributed by atoms with E-state index in [4.69, 9.17) is 5.73 Å². The predicted molar refractivity (Wildman–Crippen MR) is 72.1 cm³/mol. The van der Waals surface area contributed by atoms with E-state index >= 15 is 0 Å². The van der Waals surface area contributed by atoms with Gasteiger partial charge in [0.2, 0.25) is 5.91 Å². The fourth-order valence-electron chi connectivity index (χ4n) is 4.61. The molecule has 2 aliphatic heterocycles. The van der Waals surface area contributed by atoms with E-state index in [2.05, 4.69) is 4.90 Å². The summed E-state index contributed by atoms with van der Waals surface area (Å²) in [6, 6.07) is 0.646. The predicted octanol–water partition coefficient (Wildman–Crippen LogP) is 2.44. The highest BCUT2D eigenvalue weighted by Crippen LogP contribution is 2.45. The summed E-state index contributed by atoms with van der Waals surface area (Å²) in [5, 5.41) is 0. The molecule has 2 atom stereocenters. The lowest BCUT2D eigenvalue weighted by Gasteiger charge is -2.44. The van der Waals surface area contributed by atoms with Crippen LogP contribution in [0.1, 0.15) is 64.2 Å². The second-order valence-corrected chi connectivity index (χ2v) is 6.64. The number of amides is 1. The number of nitrogens with zero attached hydrogens (tertiary/aromatic N) is 1. The average molecular weight is 250 g/mol. The number of primary amides is 1. The van der Waals surface area contributed by atoms with Gasteiger partial charge in [-0.25, -0.2) is 0 Å². The van der Waals surface area contributed by atoms with Crippen molar-refractivity contribution in [2.24, 2.45) is 11.7 Å². The molecule has 1 aliphatic carbocycles. The minimum atomic E-state index is -0.264. The van der Waals surface area contributed by atoms with Gasteiger partial charge in [0.25, 0.3) is 0 Å². The van der Waals surface area contributed by atoms with E-state index in [1.807, 2.05) is 0 Å². The molecule has 2 heterocycles. The van der Waals surface area contributed by atoms with Crippen molar-refractivity contribution in [3.63, 3.8) is 0 Å². The Bertz CT molecular complexity index is 320. The van der Waals surface area contributed by atoms with Crippen molar-refractivity contribution in [3.05, 3.63) is 0 Å². The van der Waals surface area contributed by atoms with Crippen LogP contribution in [0.25, 0.3) is 0 Å². The van der Waals surface area contributed by atoms with Gasteiger partial charge in [0.15, 0.2) is 0 Å². The Morgan fingerprint density at radius 2 is 1.83 bits per heavy atom. The first-order chi connectivity index (χ1) is 8.72. The van der Waals surface area contributed by atoms with Crippen LogP contribution in [0, 0.1) is 5.92 Å². The van der Waals surface area contributed by atoms with Crippen LogP contribution in [0.2, 0.25) is 0 Å². The van der Waals surface area contributed by atoms with Crippen LogP contribution in [0.15, 0.2) is 0 Å². The molecule has 2 N–H and O–H groups in total. The van der Waals surface area contributed by atoms with Crippen molar-refractivity contribution in [1.29, 1.82) is 0 Å². The smallest absolute Gasteiger partial charge is 0.237 e. The molecule has 1 saturated carbocycles. The zero-order chi connectivity index (χ0) is 12.6. The lowest BCUT2D eigenvalue weighted by molar-refractivity contribution is -0.132.